The molecule has 28 heavy (non-hydrogen) atoms. The third kappa shape index (κ3) is 4.60. The van der Waals surface area contributed by atoms with E-state index >= 15 is 0 Å². The molecule has 2 aromatic carbocycles. The molecule has 1 fully saturated rings. The van der Waals surface area contributed by atoms with Crippen LogP contribution in [0.25, 0.3) is 0 Å². The molecule has 2 aromatic rings. The molecule has 0 aromatic heterocycles. The van der Waals surface area contributed by atoms with Crippen molar-refractivity contribution in [3.8, 4) is 11.5 Å². The Morgan fingerprint density at radius 3 is 2.29 bits per heavy atom. The smallest absolute Gasteiger partial charge is 0.243 e. The fraction of sp³-hybridized carbons (Fsp3) is 0.400. The number of sulfonamides is 1. The second kappa shape index (κ2) is 9.13. The lowest BCUT2D eigenvalue weighted by atomic mass is 10.1. The van der Waals surface area contributed by atoms with E-state index in [4.69, 9.17) is 21.1 Å². The molecular weight excluding hydrogens is 400 g/mol. The fourth-order valence-corrected chi connectivity index (χ4v) is 4.97. The molecule has 1 aliphatic rings. The molecule has 6 nitrogen and oxygen atoms in total. The lowest BCUT2D eigenvalue weighted by Crippen LogP contribution is -2.49. The summed E-state index contributed by atoms with van der Waals surface area (Å²) in [5.41, 5.74) is 1.12. The highest BCUT2D eigenvalue weighted by molar-refractivity contribution is 7.89. The van der Waals surface area contributed by atoms with Crippen LogP contribution in [0.1, 0.15) is 5.56 Å². The van der Waals surface area contributed by atoms with Gasteiger partial charge in [0, 0.05) is 43.8 Å². The second-order valence-corrected chi connectivity index (χ2v) is 8.95. The molecule has 1 saturated heterocycles. The molecule has 1 aliphatic heterocycles. The first-order chi connectivity index (χ1) is 13.5. The quantitative estimate of drug-likeness (QED) is 0.684. The van der Waals surface area contributed by atoms with Gasteiger partial charge in [0.25, 0.3) is 0 Å². The maximum absolute atomic E-state index is 13.0. The van der Waals surface area contributed by atoms with Crippen LogP contribution in [0.4, 0.5) is 0 Å². The van der Waals surface area contributed by atoms with Crippen molar-refractivity contribution < 1.29 is 17.9 Å². The Hall–Kier alpha value is -1.80. The Morgan fingerprint density at radius 2 is 1.64 bits per heavy atom. The Balaban J connectivity index is 1.61. The van der Waals surface area contributed by atoms with Crippen molar-refractivity contribution in [2.24, 2.45) is 0 Å². The van der Waals surface area contributed by atoms with Crippen LogP contribution < -0.4 is 9.47 Å². The highest BCUT2D eigenvalue weighted by atomic mass is 35.5. The Kier molecular flexibility index (Phi) is 6.82. The van der Waals surface area contributed by atoms with Gasteiger partial charge in [-0.15, -0.1) is 0 Å². The number of ether oxygens (including phenoxy) is 2. The zero-order valence-electron chi connectivity index (χ0n) is 16.1. The first-order valence-electron chi connectivity index (χ1n) is 9.13. The molecule has 152 valence electrons. The predicted octanol–water partition coefficient (Wildman–Crippen LogP) is 2.91. The highest BCUT2D eigenvalue weighted by Crippen LogP contribution is 2.31. The number of rotatable bonds is 7. The SMILES string of the molecule is COc1ccc(S(=O)(=O)N2CCN(CCc3ccccc3Cl)CC2)cc1OC. The second-order valence-electron chi connectivity index (χ2n) is 6.60. The maximum Gasteiger partial charge on any atom is 0.243 e. The van der Waals surface area contributed by atoms with E-state index in [0.29, 0.717) is 37.7 Å². The minimum Gasteiger partial charge on any atom is -0.493 e. The Labute approximate surface area is 171 Å². The molecular formula is C20H25ClN2O4S. The summed E-state index contributed by atoms with van der Waals surface area (Å²) in [4.78, 5) is 2.49. The topological polar surface area (TPSA) is 59.1 Å². The Morgan fingerprint density at radius 1 is 0.964 bits per heavy atom. The number of benzene rings is 2. The first-order valence-corrected chi connectivity index (χ1v) is 11.0. The monoisotopic (exact) mass is 424 g/mol. The average Bonchev–Trinajstić information content (AvgIpc) is 2.73. The van der Waals surface area contributed by atoms with Crippen molar-refractivity contribution in [1.82, 2.24) is 9.21 Å². The zero-order chi connectivity index (χ0) is 20.1. The van der Waals surface area contributed by atoms with Gasteiger partial charge < -0.3 is 14.4 Å². The summed E-state index contributed by atoms with van der Waals surface area (Å²) in [5, 5.41) is 0.775. The molecule has 0 aliphatic carbocycles. The summed E-state index contributed by atoms with van der Waals surface area (Å²) >= 11 is 6.21. The number of piperazine rings is 1. The van der Waals surface area contributed by atoms with Gasteiger partial charge in [-0.1, -0.05) is 29.8 Å². The third-order valence-corrected chi connectivity index (χ3v) is 7.24. The van der Waals surface area contributed by atoms with Crippen molar-refractivity contribution in [2.45, 2.75) is 11.3 Å². The zero-order valence-corrected chi connectivity index (χ0v) is 17.7. The van der Waals surface area contributed by atoms with E-state index in [-0.39, 0.29) is 4.90 Å². The summed E-state index contributed by atoms with van der Waals surface area (Å²) in [6.07, 6.45) is 0.849. The van der Waals surface area contributed by atoms with Crippen LogP contribution in [-0.2, 0) is 16.4 Å². The average molecular weight is 425 g/mol. The normalized spacial score (nSPS) is 16.1. The van der Waals surface area contributed by atoms with Crippen LogP contribution in [0, 0.1) is 0 Å². The number of methoxy groups -OCH3 is 2. The molecule has 0 atom stereocenters. The van der Waals surface area contributed by atoms with Gasteiger partial charge in [0.05, 0.1) is 19.1 Å². The van der Waals surface area contributed by atoms with Crippen LogP contribution in [0.15, 0.2) is 47.4 Å². The first kappa shape index (κ1) is 20.9. The van der Waals surface area contributed by atoms with E-state index in [0.717, 1.165) is 23.6 Å². The lowest BCUT2D eigenvalue weighted by molar-refractivity contribution is 0.190. The summed E-state index contributed by atoms with van der Waals surface area (Å²) in [7, 11) is -0.553. The van der Waals surface area contributed by atoms with Gasteiger partial charge in [0.15, 0.2) is 11.5 Å². The minimum absolute atomic E-state index is 0.217. The van der Waals surface area contributed by atoms with E-state index in [2.05, 4.69) is 4.90 Å². The van der Waals surface area contributed by atoms with Gasteiger partial charge in [-0.3, -0.25) is 0 Å². The maximum atomic E-state index is 13.0. The number of nitrogens with zero attached hydrogens (tertiary/aromatic N) is 2. The Bertz CT molecular complexity index is 912. The molecule has 0 unspecified atom stereocenters. The van der Waals surface area contributed by atoms with Gasteiger partial charge in [0.2, 0.25) is 10.0 Å². The number of hydrogen-bond donors (Lipinski definition) is 0. The van der Waals surface area contributed by atoms with E-state index < -0.39 is 10.0 Å². The van der Waals surface area contributed by atoms with Gasteiger partial charge in [-0.25, -0.2) is 8.42 Å². The number of halogens is 1. The van der Waals surface area contributed by atoms with Crippen molar-refractivity contribution in [3.05, 3.63) is 53.1 Å². The minimum atomic E-state index is -3.57. The van der Waals surface area contributed by atoms with Gasteiger partial charge in [-0.05, 0) is 30.2 Å². The molecule has 0 bridgehead atoms. The third-order valence-electron chi connectivity index (χ3n) is 4.98. The van der Waals surface area contributed by atoms with Crippen molar-refractivity contribution in [1.29, 1.82) is 0 Å². The van der Waals surface area contributed by atoms with Crippen molar-refractivity contribution in [2.75, 3.05) is 46.9 Å². The lowest BCUT2D eigenvalue weighted by Gasteiger charge is -2.34. The predicted molar refractivity (Wildman–Crippen MR) is 110 cm³/mol. The van der Waals surface area contributed by atoms with Crippen molar-refractivity contribution >= 4 is 21.6 Å². The highest BCUT2D eigenvalue weighted by Gasteiger charge is 2.29. The molecule has 0 radical (unpaired) electrons. The molecule has 0 saturated carbocycles. The summed E-state index contributed by atoms with van der Waals surface area (Å²) in [5.74, 6) is 0.910. The van der Waals surface area contributed by atoms with Crippen LogP contribution in [0.5, 0.6) is 11.5 Å². The standard InChI is InChI=1S/C20H25ClN2O4S/c1-26-19-8-7-17(15-20(19)27-2)28(24,25)23-13-11-22(12-14-23)10-9-16-5-3-4-6-18(16)21/h3-8,15H,9-14H2,1-2H3. The van der Waals surface area contributed by atoms with Crippen molar-refractivity contribution in [3.63, 3.8) is 0 Å². The van der Waals surface area contributed by atoms with Gasteiger partial charge >= 0.3 is 0 Å². The van der Waals surface area contributed by atoms with E-state index in [1.165, 1.54) is 24.6 Å². The molecule has 8 heteroatoms. The molecule has 3 rings (SSSR count). The summed E-state index contributed by atoms with van der Waals surface area (Å²) in [6, 6.07) is 12.5. The molecule has 0 spiro atoms. The largest absolute Gasteiger partial charge is 0.493 e. The van der Waals surface area contributed by atoms with Gasteiger partial charge in [0.1, 0.15) is 0 Å². The summed E-state index contributed by atoms with van der Waals surface area (Å²) in [6.45, 7) is 3.15. The molecule has 0 amide bonds. The van der Waals surface area contributed by atoms with Crippen LogP contribution >= 0.6 is 11.6 Å². The van der Waals surface area contributed by atoms with E-state index in [1.54, 1.807) is 12.1 Å². The summed E-state index contributed by atoms with van der Waals surface area (Å²) < 4.78 is 37.9. The number of hydrogen-bond acceptors (Lipinski definition) is 5. The van der Waals surface area contributed by atoms with Crippen LogP contribution in [0.2, 0.25) is 5.02 Å². The van der Waals surface area contributed by atoms with Gasteiger partial charge in [-0.2, -0.15) is 4.31 Å². The van der Waals surface area contributed by atoms with Crippen LogP contribution in [-0.4, -0.2) is 64.6 Å². The van der Waals surface area contributed by atoms with Crippen LogP contribution in [0.3, 0.4) is 0 Å². The van der Waals surface area contributed by atoms with E-state index in [1.807, 2.05) is 24.3 Å². The van der Waals surface area contributed by atoms with E-state index in [9.17, 15) is 8.42 Å². The molecule has 0 N–H and O–H groups in total. The molecule has 1 heterocycles. The fourth-order valence-electron chi connectivity index (χ4n) is 3.30.